The molecular weight excluding hydrogens is 340 g/mol. The summed E-state index contributed by atoms with van der Waals surface area (Å²) >= 11 is 5.93. The topological polar surface area (TPSA) is 68.5 Å². The highest BCUT2D eigenvalue weighted by atomic mass is 35.5. The number of hydrogen-bond acceptors (Lipinski definition) is 4. The first-order chi connectivity index (χ1) is 12.0. The van der Waals surface area contributed by atoms with Gasteiger partial charge in [0.25, 0.3) is 5.91 Å². The van der Waals surface area contributed by atoms with E-state index in [0.29, 0.717) is 23.7 Å². The Morgan fingerprint density at radius 2 is 2.16 bits per heavy atom. The molecular formula is C18H19ClN4O2. The van der Waals surface area contributed by atoms with Gasteiger partial charge in [0, 0.05) is 24.2 Å². The molecule has 25 heavy (non-hydrogen) atoms. The van der Waals surface area contributed by atoms with Crippen LogP contribution in [0, 0.1) is 6.92 Å². The van der Waals surface area contributed by atoms with Crippen LogP contribution in [0.4, 0.5) is 0 Å². The first-order valence-corrected chi connectivity index (χ1v) is 8.41. The number of aromatic nitrogens is 3. The van der Waals surface area contributed by atoms with Gasteiger partial charge in [0.2, 0.25) is 0 Å². The zero-order valence-corrected chi connectivity index (χ0v) is 14.8. The normalized spacial score (nSPS) is 12.1. The number of nitrogens with one attached hydrogen (secondary N) is 1. The summed E-state index contributed by atoms with van der Waals surface area (Å²) in [6.07, 6.45) is 1.89. The summed E-state index contributed by atoms with van der Waals surface area (Å²) in [5.74, 6) is 1.27. The third-order valence-corrected chi connectivity index (χ3v) is 4.08. The van der Waals surface area contributed by atoms with E-state index in [1.807, 2.05) is 35.7 Å². The van der Waals surface area contributed by atoms with Crippen LogP contribution >= 0.6 is 11.6 Å². The molecule has 0 spiro atoms. The quantitative estimate of drug-likeness (QED) is 0.735. The van der Waals surface area contributed by atoms with Crippen molar-refractivity contribution < 1.29 is 9.53 Å². The van der Waals surface area contributed by atoms with Crippen molar-refractivity contribution in [3.8, 4) is 5.75 Å². The predicted octanol–water partition coefficient (Wildman–Crippen LogP) is 2.82. The molecule has 130 valence electrons. The molecule has 2 heterocycles. The molecule has 0 aliphatic carbocycles. The van der Waals surface area contributed by atoms with Crippen LogP contribution in [0.15, 0.2) is 42.6 Å². The van der Waals surface area contributed by atoms with Crippen LogP contribution in [0.2, 0.25) is 5.02 Å². The molecule has 0 unspecified atom stereocenters. The smallest absolute Gasteiger partial charge is 0.260 e. The second-order valence-electron chi connectivity index (χ2n) is 5.76. The van der Waals surface area contributed by atoms with Crippen LogP contribution < -0.4 is 10.1 Å². The number of hydrogen-bond donors (Lipinski definition) is 1. The number of amides is 1. The van der Waals surface area contributed by atoms with Crippen molar-refractivity contribution >= 4 is 23.2 Å². The number of halogens is 1. The highest BCUT2D eigenvalue weighted by Crippen LogP contribution is 2.22. The molecule has 0 bridgehead atoms. The van der Waals surface area contributed by atoms with Crippen LogP contribution in [0.3, 0.4) is 0 Å². The second kappa shape index (κ2) is 7.53. The van der Waals surface area contributed by atoms with Crippen LogP contribution in [0.25, 0.3) is 5.65 Å². The lowest BCUT2D eigenvalue weighted by Crippen LogP contribution is -2.37. The number of ether oxygens (including phenoxy) is 1. The molecule has 6 nitrogen and oxygen atoms in total. The molecule has 3 rings (SSSR count). The summed E-state index contributed by atoms with van der Waals surface area (Å²) in [6, 6.07) is 11.0. The van der Waals surface area contributed by atoms with Crippen LogP contribution in [0.1, 0.15) is 18.3 Å². The molecule has 0 saturated heterocycles. The Kier molecular flexibility index (Phi) is 5.19. The van der Waals surface area contributed by atoms with Gasteiger partial charge in [-0.05, 0) is 49.7 Å². The van der Waals surface area contributed by atoms with Gasteiger partial charge in [-0.3, -0.25) is 9.20 Å². The summed E-state index contributed by atoms with van der Waals surface area (Å²) in [5.41, 5.74) is 1.68. The average molecular weight is 359 g/mol. The van der Waals surface area contributed by atoms with E-state index < -0.39 is 6.10 Å². The third-order valence-electron chi connectivity index (χ3n) is 3.84. The molecule has 3 aromatic rings. The minimum Gasteiger partial charge on any atom is -0.481 e. The van der Waals surface area contributed by atoms with Crippen LogP contribution in [-0.2, 0) is 11.2 Å². The fraction of sp³-hybridized carbons (Fsp3) is 0.278. The molecule has 0 radical (unpaired) electrons. The number of aryl methyl sites for hydroxylation is 1. The first kappa shape index (κ1) is 17.2. The minimum atomic E-state index is -0.602. The lowest BCUT2D eigenvalue weighted by Gasteiger charge is -2.16. The van der Waals surface area contributed by atoms with Gasteiger partial charge >= 0.3 is 0 Å². The van der Waals surface area contributed by atoms with Gasteiger partial charge in [0.05, 0.1) is 0 Å². The van der Waals surface area contributed by atoms with Gasteiger partial charge < -0.3 is 10.1 Å². The summed E-state index contributed by atoms with van der Waals surface area (Å²) in [4.78, 5) is 12.2. The average Bonchev–Trinajstić information content (AvgIpc) is 3.00. The fourth-order valence-electron chi connectivity index (χ4n) is 2.49. The Balaban J connectivity index is 1.53. The van der Waals surface area contributed by atoms with E-state index in [4.69, 9.17) is 16.3 Å². The fourth-order valence-corrected chi connectivity index (χ4v) is 2.72. The number of fused-ring (bicyclic) bond motifs is 1. The molecule has 2 aromatic heterocycles. The van der Waals surface area contributed by atoms with Gasteiger partial charge in [-0.1, -0.05) is 17.7 Å². The van der Waals surface area contributed by atoms with E-state index in [1.165, 1.54) is 0 Å². The SMILES string of the molecule is Cc1cc(Cl)ccc1O[C@@H](C)C(=O)NCCc1nnc2ccccn12. The van der Waals surface area contributed by atoms with E-state index >= 15 is 0 Å². The zero-order chi connectivity index (χ0) is 17.8. The first-order valence-electron chi connectivity index (χ1n) is 8.04. The Morgan fingerprint density at radius 1 is 1.32 bits per heavy atom. The van der Waals surface area contributed by atoms with Crippen molar-refractivity contribution in [2.75, 3.05) is 6.54 Å². The van der Waals surface area contributed by atoms with Crippen molar-refractivity contribution in [3.05, 3.63) is 59.0 Å². The maximum atomic E-state index is 12.2. The predicted molar refractivity (Wildman–Crippen MR) is 96.0 cm³/mol. The van der Waals surface area contributed by atoms with Gasteiger partial charge in [-0.2, -0.15) is 0 Å². The summed E-state index contributed by atoms with van der Waals surface area (Å²) in [5, 5.41) is 11.7. The van der Waals surface area contributed by atoms with Gasteiger partial charge in [0.1, 0.15) is 11.6 Å². The second-order valence-corrected chi connectivity index (χ2v) is 6.19. The molecule has 1 N–H and O–H groups in total. The van der Waals surface area contributed by atoms with Crippen LogP contribution in [0.5, 0.6) is 5.75 Å². The molecule has 0 saturated carbocycles. The number of benzene rings is 1. The number of rotatable bonds is 6. The van der Waals surface area contributed by atoms with E-state index in [1.54, 1.807) is 25.1 Å². The molecule has 0 aliphatic heterocycles. The van der Waals surface area contributed by atoms with E-state index in [9.17, 15) is 4.79 Å². The monoisotopic (exact) mass is 358 g/mol. The number of carbonyl (C=O) groups is 1. The Morgan fingerprint density at radius 3 is 2.96 bits per heavy atom. The summed E-state index contributed by atoms with van der Waals surface area (Å²) in [7, 11) is 0. The lowest BCUT2D eigenvalue weighted by atomic mass is 10.2. The molecule has 0 aliphatic rings. The van der Waals surface area contributed by atoms with Gasteiger partial charge in [-0.25, -0.2) is 0 Å². The molecule has 1 aromatic carbocycles. The zero-order valence-electron chi connectivity index (χ0n) is 14.1. The number of nitrogens with zero attached hydrogens (tertiary/aromatic N) is 3. The molecule has 0 fully saturated rings. The van der Waals surface area contributed by atoms with E-state index in [0.717, 1.165) is 17.0 Å². The molecule has 1 atom stereocenters. The van der Waals surface area contributed by atoms with Crippen molar-refractivity contribution in [2.24, 2.45) is 0 Å². The number of carbonyl (C=O) groups excluding carboxylic acids is 1. The lowest BCUT2D eigenvalue weighted by molar-refractivity contribution is -0.127. The van der Waals surface area contributed by atoms with Crippen LogP contribution in [-0.4, -0.2) is 33.2 Å². The highest BCUT2D eigenvalue weighted by molar-refractivity contribution is 6.30. The molecule has 7 heteroatoms. The highest BCUT2D eigenvalue weighted by Gasteiger charge is 2.15. The minimum absolute atomic E-state index is 0.178. The number of pyridine rings is 1. The summed E-state index contributed by atoms with van der Waals surface area (Å²) in [6.45, 7) is 4.07. The maximum Gasteiger partial charge on any atom is 0.260 e. The Labute approximate surface area is 150 Å². The van der Waals surface area contributed by atoms with E-state index in [-0.39, 0.29) is 5.91 Å². The van der Waals surface area contributed by atoms with E-state index in [2.05, 4.69) is 15.5 Å². The van der Waals surface area contributed by atoms with Gasteiger partial charge in [0.15, 0.2) is 11.8 Å². The Bertz CT molecular complexity index is 894. The van der Waals surface area contributed by atoms with Crippen molar-refractivity contribution in [2.45, 2.75) is 26.4 Å². The Hall–Kier alpha value is -2.60. The van der Waals surface area contributed by atoms with Crippen molar-refractivity contribution in [1.29, 1.82) is 0 Å². The maximum absolute atomic E-state index is 12.2. The largest absolute Gasteiger partial charge is 0.481 e. The van der Waals surface area contributed by atoms with Crippen molar-refractivity contribution in [1.82, 2.24) is 19.9 Å². The molecule has 1 amide bonds. The third kappa shape index (κ3) is 4.09. The van der Waals surface area contributed by atoms with Gasteiger partial charge in [-0.15, -0.1) is 10.2 Å². The standard InChI is InChI=1S/C18H19ClN4O2/c1-12-11-14(19)6-7-15(12)25-13(2)18(24)20-9-8-17-22-21-16-5-3-4-10-23(16)17/h3-7,10-11,13H,8-9H2,1-2H3,(H,20,24)/t13-/m0/s1. The summed E-state index contributed by atoms with van der Waals surface area (Å²) < 4.78 is 7.62. The van der Waals surface area contributed by atoms with Crippen molar-refractivity contribution in [3.63, 3.8) is 0 Å².